The Kier molecular flexibility index (Phi) is 3.91. The molecule has 1 saturated heterocycles. The van der Waals surface area contributed by atoms with E-state index >= 15 is 0 Å². The van der Waals surface area contributed by atoms with Gasteiger partial charge in [-0.2, -0.15) is 0 Å². The zero-order valence-electron chi connectivity index (χ0n) is 10.1. The molecule has 0 aromatic carbocycles. The lowest BCUT2D eigenvalue weighted by atomic mass is 10.2. The van der Waals surface area contributed by atoms with Crippen molar-refractivity contribution in [3.8, 4) is 0 Å². The molecule has 2 rings (SSSR count). The van der Waals surface area contributed by atoms with Crippen molar-refractivity contribution in [2.75, 3.05) is 19.6 Å². The second kappa shape index (κ2) is 5.42. The molecule has 0 aliphatic carbocycles. The summed E-state index contributed by atoms with van der Waals surface area (Å²) in [5, 5.41) is 6.25. The minimum Gasteiger partial charge on any atom is -0.334 e. The number of hydrogen-bond acceptors (Lipinski definition) is 4. The van der Waals surface area contributed by atoms with Gasteiger partial charge in [0.15, 0.2) is 0 Å². The predicted molar refractivity (Wildman–Crippen MR) is 69.9 cm³/mol. The molecule has 1 aliphatic rings. The molecule has 1 aliphatic heterocycles. The summed E-state index contributed by atoms with van der Waals surface area (Å²) in [4.78, 5) is 18.2. The van der Waals surface area contributed by atoms with Gasteiger partial charge in [0.2, 0.25) is 5.91 Å². The third-order valence-corrected chi connectivity index (χ3v) is 3.61. The van der Waals surface area contributed by atoms with Gasteiger partial charge >= 0.3 is 0 Å². The largest absolute Gasteiger partial charge is 0.334 e. The predicted octanol–water partition coefficient (Wildman–Crippen LogP) is 1.29. The van der Waals surface area contributed by atoms with E-state index in [0.29, 0.717) is 0 Å². The first-order valence-electron chi connectivity index (χ1n) is 5.78. The quantitative estimate of drug-likeness (QED) is 0.806. The smallest absolute Gasteiger partial charge is 0.246 e. The second-order valence-electron chi connectivity index (χ2n) is 4.21. The van der Waals surface area contributed by atoms with Crippen molar-refractivity contribution in [1.82, 2.24) is 15.2 Å². The summed E-state index contributed by atoms with van der Waals surface area (Å²) in [5.74, 6) is 0.0738. The monoisotopic (exact) mass is 251 g/mol. The highest BCUT2D eigenvalue weighted by Gasteiger charge is 2.20. The molecule has 1 amide bonds. The molecule has 1 unspecified atom stereocenters. The van der Waals surface area contributed by atoms with E-state index in [2.05, 4.69) is 17.2 Å². The number of amides is 1. The summed E-state index contributed by atoms with van der Waals surface area (Å²) in [6.45, 7) is 6.54. The van der Waals surface area contributed by atoms with Crippen LogP contribution in [0.2, 0.25) is 0 Å². The molecular formula is C12H17N3OS. The first-order chi connectivity index (χ1) is 8.16. The van der Waals surface area contributed by atoms with Crippen LogP contribution in [0.15, 0.2) is 11.5 Å². The van der Waals surface area contributed by atoms with E-state index in [0.717, 1.165) is 30.3 Å². The molecule has 5 heteroatoms. The molecule has 0 saturated carbocycles. The van der Waals surface area contributed by atoms with Crippen molar-refractivity contribution in [2.45, 2.75) is 19.9 Å². The van der Waals surface area contributed by atoms with Crippen molar-refractivity contribution in [3.05, 3.63) is 22.2 Å². The zero-order valence-corrected chi connectivity index (χ0v) is 11.0. The van der Waals surface area contributed by atoms with Gasteiger partial charge in [0.1, 0.15) is 0 Å². The normalized spacial score (nSPS) is 21.1. The third-order valence-electron chi connectivity index (χ3n) is 2.82. The van der Waals surface area contributed by atoms with Gasteiger partial charge in [-0.1, -0.05) is 0 Å². The fourth-order valence-corrected chi connectivity index (χ4v) is 2.46. The van der Waals surface area contributed by atoms with Crippen LogP contribution in [0, 0.1) is 6.92 Å². The minimum atomic E-state index is 0.0738. The van der Waals surface area contributed by atoms with Gasteiger partial charge in [-0.05, 0) is 19.9 Å². The topological polar surface area (TPSA) is 45.2 Å². The fraction of sp³-hybridized carbons (Fsp3) is 0.500. The summed E-state index contributed by atoms with van der Waals surface area (Å²) in [6, 6.07) is 0.262. The van der Waals surface area contributed by atoms with Crippen molar-refractivity contribution < 1.29 is 4.79 Å². The lowest BCUT2D eigenvalue weighted by molar-refractivity contribution is -0.128. The van der Waals surface area contributed by atoms with Gasteiger partial charge in [-0.15, -0.1) is 11.3 Å². The average Bonchev–Trinajstić information content (AvgIpc) is 2.73. The number of piperazine rings is 1. The molecule has 4 nitrogen and oxygen atoms in total. The molecule has 1 N–H and O–H groups in total. The number of hydrogen-bond donors (Lipinski definition) is 1. The zero-order chi connectivity index (χ0) is 12.3. The van der Waals surface area contributed by atoms with Crippen LogP contribution >= 0.6 is 11.3 Å². The second-order valence-corrected chi connectivity index (χ2v) is 5.27. The lowest BCUT2D eigenvalue weighted by Gasteiger charge is -2.33. The van der Waals surface area contributed by atoms with Crippen molar-refractivity contribution in [3.63, 3.8) is 0 Å². The third kappa shape index (κ3) is 3.14. The first kappa shape index (κ1) is 12.3. The van der Waals surface area contributed by atoms with Crippen LogP contribution < -0.4 is 5.32 Å². The molecule has 2 heterocycles. The Hall–Kier alpha value is -1.20. The standard InChI is InChI=1S/C12H17N3OS/c1-9-7-13-5-6-15(9)12(16)4-3-11-8-17-10(2)14-11/h3-4,8-9,13H,5-7H2,1-2H3/b4-3+. The number of carbonyl (C=O) groups excluding carboxylic acids is 1. The van der Waals surface area contributed by atoms with Gasteiger partial charge in [0, 0.05) is 37.1 Å². The number of carbonyl (C=O) groups is 1. The Morgan fingerprint density at radius 1 is 1.71 bits per heavy atom. The summed E-state index contributed by atoms with van der Waals surface area (Å²) >= 11 is 1.59. The number of aryl methyl sites for hydroxylation is 1. The minimum absolute atomic E-state index is 0.0738. The average molecular weight is 251 g/mol. The van der Waals surface area contributed by atoms with Crippen molar-refractivity contribution in [1.29, 1.82) is 0 Å². The highest BCUT2D eigenvalue weighted by molar-refractivity contribution is 7.09. The molecule has 1 fully saturated rings. The highest BCUT2D eigenvalue weighted by Crippen LogP contribution is 2.10. The van der Waals surface area contributed by atoms with Crippen LogP contribution in [0.4, 0.5) is 0 Å². The maximum Gasteiger partial charge on any atom is 0.246 e. The van der Waals surface area contributed by atoms with E-state index in [-0.39, 0.29) is 11.9 Å². The van der Waals surface area contributed by atoms with Crippen LogP contribution in [0.1, 0.15) is 17.6 Å². The molecule has 1 aromatic heterocycles. The van der Waals surface area contributed by atoms with Crippen LogP contribution in [-0.2, 0) is 4.79 Å². The van der Waals surface area contributed by atoms with E-state index in [1.165, 1.54) is 0 Å². The molecule has 0 radical (unpaired) electrons. The summed E-state index contributed by atoms with van der Waals surface area (Å²) in [5.41, 5.74) is 0.864. The van der Waals surface area contributed by atoms with Crippen LogP contribution in [0.5, 0.6) is 0 Å². The molecule has 0 spiro atoms. The van der Waals surface area contributed by atoms with Crippen molar-refractivity contribution >= 4 is 23.3 Å². The summed E-state index contributed by atoms with van der Waals surface area (Å²) in [7, 11) is 0. The van der Waals surface area contributed by atoms with Gasteiger partial charge in [-0.3, -0.25) is 4.79 Å². The Balaban J connectivity index is 1.98. The number of nitrogens with zero attached hydrogens (tertiary/aromatic N) is 2. The molecule has 17 heavy (non-hydrogen) atoms. The molecular weight excluding hydrogens is 234 g/mol. The van der Waals surface area contributed by atoms with Crippen molar-refractivity contribution in [2.24, 2.45) is 0 Å². The lowest BCUT2D eigenvalue weighted by Crippen LogP contribution is -2.51. The van der Waals surface area contributed by atoms with Gasteiger partial charge in [0.05, 0.1) is 10.7 Å². The maximum atomic E-state index is 12.0. The number of thiazole rings is 1. The van der Waals surface area contributed by atoms with E-state index in [4.69, 9.17) is 0 Å². The van der Waals surface area contributed by atoms with Crippen LogP contribution in [0.3, 0.4) is 0 Å². The maximum absolute atomic E-state index is 12.0. The van der Waals surface area contributed by atoms with Crippen LogP contribution in [-0.4, -0.2) is 41.5 Å². The number of aromatic nitrogens is 1. The van der Waals surface area contributed by atoms with E-state index in [1.807, 2.05) is 17.2 Å². The highest BCUT2D eigenvalue weighted by atomic mass is 32.1. The Morgan fingerprint density at radius 3 is 3.18 bits per heavy atom. The molecule has 92 valence electrons. The SMILES string of the molecule is Cc1nc(/C=C/C(=O)N2CCNCC2C)cs1. The van der Waals surface area contributed by atoms with Gasteiger partial charge in [0.25, 0.3) is 0 Å². The molecule has 0 bridgehead atoms. The van der Waals surface area contributed by atoms with Gasteiger partial charge in [-0.25, -0.2) is 4.98 Å². The molecule has 1 aromatic rings. The molecule has 1 atom stereocenters. The number of nitrogens with one attached hydrogen (secondary N) is 1. The Labute approximate surface area is 105 Å². The number of rotatable bonds is 2. The Morgan fingerprint density at radius 2 is 2.53 bits per heavy atom. The van der Waals surface area contributed by atoms with E-state index < -0.39 is 0 Å². The summed E-state index contributed by atoms with van der Waals surface area (Å²) in [6.07, 6.45) is 3.41. The van der Waals surface area contributed by atoms with Crippen LogP contribution in [0.25, 0.3) is 6.08 Å². The Bertz CT molecular complexity index is 427. The fourth-order valence-electron chi connectivity index (χ4n) is 1.88. The summed E-state index contributed by atoms with van der Waals surface area (Å²) < 4.78 is 0. The van der Waals surface area contributed by atoms with Gasteiger partial charge < -0.3 is 10.2 Å². The van der Waals surface area contributed by atoms with E-state index in [9.17, 15) is 4.79 Å². The first-order valence-corrected chi connectivity index (χ1v) is 6.66. The van der Waals surface area contributed by atoms with E-state index in [1.54, 1.807) is 23.5 Å².